The summed E-state index contributed by atoms with van der Waals surface area (Å²) in [5, 5.41) is 37.4. The molecule has 22 nitrogen and oxygen atoms in total. The normalized spacial score (nSPS) is 11.9. The van der Waals surface area contributed by atoms with E-state index in [0.29, 0.717) is 40.2 Å². The molecule has 0 spiro atoms. The molecule has 0 saturated carbocycles. The number of carbonyl (C=O) groups is 1. The number of aliphatic hydroxyl groups is 1. The molecule has 2 atom stereocenters. The van der Waals surface area contributed by atoms with Gasteiger partial charge in [0.05, 0.1) is 67.1 Å². The predicted octanol–water partition coefficient (Wildman–Crippen LogP) is 10.7. The van der Waals surface area contributed by atoms with Crippen LogP contribution in [-0.2, 0) is 30.6 Å². The Balaban J connectivity index is 0.000000238. The van der Waals surface area contributed by atoms with Gasteiger partial charge in [0.2, 0.25) is 0 Å². The number of pyridine rings is 3. The number of benzene rings is 3. The molecule has 0 radical (unpaired) electrons. The molecular weight excluding hydrogens is 1390 g/mol. The number of carbonyl (C=O) groups excluding carboxylic acids is 1. The van der Waals surface area contributed by atoms with E-state index in [1.807, 2.05) is 149 Å². The molecule has 0 amide bonds. The van der Waals surface area contributed by atoms with Gasteiger partial charge in [-0.05, 0) is 124 Å². The second-order valence-electron chi connectivity index (χ2n) is 21.1. The first-order valence-corrected chi connectivity index (χ1v) is 32.3. The third-order valence-electron chi connectivity index (χ3n) is 15.2. The Morgan fingerprint density at radius 1 is 0.568 bits per heavy atom. The Morgan fingerprint density at radius 3 is 1.24 bits per heavy atom. The van der Waals surface area contributed by atoms with Crippen molar-refractivity contribution in [2.24, 2.45) is 21.1 Å². The molecule has 95 heavy (non-hydrogen) atoms. The van der Waals surface area contributed by atoms with Crippen molar-refractivity contribution in [1.29, 1.82) is 0 Å². The predicted molar refractivity (Wildman–Crippen MR) is 381 cm³/mol. The molecule has 0 bridgehead atoms. The number of hydrogen-bond donors (Lipinski definition) is 1. The Morgan fingerprint density at radius 2 is 0.926 bits per heavy atom. The summed E-state index contributed by atoms with van der Waals surface area (Å²) in [7, 11) is 12.3. The van der Waals surface area contributed by atoms with E-state index in [0.717, 1.165) is 127 Å². The molecule has 13 rings (SSSR count). The van der Waals surface area contributed by atoms with Crippen molar-refractivity contribution in [3.05, 3.63) is 169 Å². The average molecular weight is 1480 g/mol. The summed E-state index contributed by atoms with van der Waals surface area (Å²) in [5.74, 6) is 2.07. The molecule has 1 fully saturated rings. The van der Waals surface area contributed by atoms with Gasteiger partial charge in [-0.25, -0.2) is 29.0 Å². The maximum Gasteiger partial charge on any atom is 2.00 e. The van der Waals surface area contributed by atoms with E-state index in [2.05, 4.69) is 67.9 Å². The molecule has 1 aliphatic rings. The van der Waals surface area contributed by atoms with Crippen LogP contribution in [0.15, 0.2) is 128 Å². The van der Waals surface area contributed by atoms with Crippen LogP contribution in [0.25, 0.3) is 83.9 Å². The van der Waals surface area contributed by atoms with Crippen LogP contribution < -0.4 is 31.2 Å². The van der Waals surface area contributed by atoms with E-state index in [-0.39, 0.29) is 53.6 Å². The van der Waals surface area contributed by atoms with Crippen molar-refractivity contribution < 1.29 is 50.6 Å². The molecule has 9 aromatic heterocycles. The van der Waals surface area contributed by atoms with Crippen LogP contribution >= 0.6 is 22.6 Å². The average Bonchev–Trinajstić information content (AvgIpc) is 1.64. The van der Waals surface area contributed by atoms with Crippen LogP contribution in [0.5, 0.6) is 17.2 Å². The number of aryl methyl sites for hydroxylation is 6. The summed E-state index contributed by atoms with van der Waals surface area (Å²) in [6.07, 6.45) is 15.2. The fourth-order valence-electron chi connectivity index (χ4n) is 11.0. The van der Waals surface area contributed by atoms with Crippen molar-refractivity contribution in [1.82, 2.24) is 73.6 Å². The van der Waals surface area contributed by atoms with Crippen molar-refractivity contribution >= 4 is 85.0 Å². The monoisotopic (exact) mass is 1480 g/mol. The second-order valence-corrected chi connectivity index (χ2v) is 21.1. The van der Waals surface area contributed by atoms with Gasteiger partial charge in [0.1, 0.15) is 50.9 Å². The third-order valence-corrected chi connectivity index (χ3v) is 15.2. The largest absolute Gasteiger partial charge is 2.00 e. The van der Waals surface area contributed by atoms with Crippen LogP contribution in [0.3, 0.4) is 0 Å². The zero-order valence-electron chi connectivity index (χ0n) is 55.9. The fraction of sp³-hybridized carbons (Fsp3) is 0.329. The summed E-state index contributed by atoms with van der Waals surface area (Å²) in [6, 6.07) is 29.0. The number of rotatable bonds is 15. The van der Waals surface area contributed by atoms with Crippen LogP contribution in [0.1, 0.15) is 105 Å². The second kappa shape index (κ2) is 36.8. The summed E-state index contributed by atoms with van der Waals surface area (Å²) in [4.78, 5) is 27.6. The van der Waals surface area contributed by atoms with Crippen molar-refractivity contribution in [2.75, 3.05) is 46.6 Å². The smallest absolute Gasteiger partial charge is 1.00 e. The van der Waals surface area contributed by atoms with E-state index in [4.69, 9.17) is 43.8 Å². The maximum absolute atomic E-state index is 11.5. The summed E-state index contributed by atoms with van der Waals surface area (Å²) in [5.41, 5.74) is 17.3. The molecular formula is C70H85BrIMgN15O7. The van der Waals surface area contributed by atoms with Gasteiger partial charge in [-0.2, -0.15) is 37.5 Å². The third kappa shape index (κ3) is 17.4. The number of halogens is 2. The molecule has 10 heterocycles. The van der Waals surface area contributed by atoms with Crippen molar-refractivity contribution in [2.45, 2.75) is 86.9 Å². The Kier molecular flexibility index (Phi) is 30.1. The topological polar surface area (TPSA) is 229 Å². The molecule has 1 N–H and O–H groups in total. The minimum absolute atomic E-state index is 0. The van der Waals surface area contributed by atoms with E-state index in [9.17, 15) is 9.90 Å². The van der Waals surface area contributed by atoms with E-state index < -0.39 is 6.10 Å². The van der Waals surface area contributed by atoms with E-state index in [1.165, 1.54) is 12.8 Å². The van der Waals surface area contributed by atoms with E-state index in [1.54, 1.807) is 90.5 Å². The van der Waals surface area contributed by atoms with Gasteiger partial charge in [-0.15, -0.1) is 0 Å². The maximum atomic E-state index is 11.5. The first-order valence-electron chi connectivity index (χ1n) is 30.1. The number of aromatic nitrogens is 15. The van der Waals surface area contributed by atoms with Crippen LogP contribution in [0.2, 0.25) is 0 Å². The van der Waals surface area contributed by atoms with Crippen molar-refractivity contribution in [3.8, 4) is 68.1 Å². The summed E-state index contributed by atoms with van der Waals surface area (Å²) >= 11 is 2.15. The number of aldehydes is 1. The first kappa shape index (κ1) is 77.8. The molecule has 3 aromatic carbocycles. The van der Waals surface area contributed by atoms with Crippen LogP contribution in [0.4, 0.5) is 0 Å². The Labute approximate surface area is 596 Å². The van der Waals surface area contributed by atoms with Gasteiger partial charge in [0.25, 0.3) is 0 Å². The molecule has 0 aliphatic carbocycles. The molecule has 1 saturated heterocycles. The molecule has 25 heteroatoms. The first-order chi connectivity index (χ1) is 44.7. The quantitative estimate of drug-likeness (QED) is 0.0331. The number of fused-ring (bicyclic) bond motifs is 3. The molecule has 498 valence electrons. The summed E-state index contributed by atoms with van der Waals surface area (Å²) in [6.45, 7) is 16.9. The number of alkyl halides is 1. The van der Waals surface area contributed by atoms with Gasteiger partial charge in [0, 0.05) is 147 Å². The summed E-state index contributed by atoms with van der Waals surface area (Å²) < 4.78 is 38.3. The van der Waals surface area contributed by atoms with Crippen LogP contribution in [-0.4, -0.2) is 155 Å². The molecule has 1 aliphatic heterocycles. The Bertz CT molecular complexity index is 4370. The zero-order valence-corrected chi connectivity index (χ0v) is 61.0. The van der Waals surface area contributed by atoms with Crippen molar-refractivity contribution in [3.63, 3.8) is 0 Å². The molecule has 12 aromatic rings. The van der Waals surface area contributed by atoms with E-state index >= 15 is 0 Å². The minimum Gasteiger partial charge on any atom is -1.00 e. The standard InChI is InChI=1S/C22H25N5O2.C21H23N5O2.C19H17N5O2.C4H8O.C2H5.CH3I.CH4.BrH.Mg/c1-6-18(28-4)17-12-14(2)24-21-20(25-26(3)22(17)21)16-9-8-15(13-19(16)29-5)27-11-7-10-23-27;1-5-17(27)16-11-13(2)23-20-19(24-25(3)21(16)20)15-8-7-14(12-18(15)28-4)26-10-6-9-22-26;1-12-9-13(11-25)19-18(21-12)17(22-23(19)2)15-6-5-14(10-16(15)26-3)24-8-4-7-20-24;1-2-4-5-3-1;2*1-2;;;/h7-13,18H,6H2,1-5H3;6-12,17,27H,5H2,1-4H3;4-11H,1-3H3;1-4H2;1H2,2H3;1H3;1H4;1H;/q;;;;-1;;;;+2/p-1. The van der Waals surface area contributed by atoms with Crippen LogP contribution in [0, 0.1) is 27.7 Å². The van der Waals surface area contributed by atoms with Gasteiger partial charge in [-0.3, -0.25) is 18.8 Å². The number of ether oxygens (including phenoxy) is 5. The van der Waals surface area contributed by atoms with Gasteiger partial charge in [0.15, 0.2) is 6.29 Å². The van der Waals surface area contributed by atoms with Gasteiger partial charge in [-0.1, -0.05) is 43.9 Å². The van der Waals surface area contributed by atoms with Gasteiger partial charge < -0.3 is 52.7 Å². The Hall–Kier alpha value is -7.92. The number of nitrogens with zero attached hydrogens (tertiary/aromatic N) is 15. The number of methoxy groups -OCH3 is 4. The zero-order chi connectivity index (χ0) is 66.2. The number of hydrogen-bond acceptors (Lipinski definition) is 16. The fourth-order valence-corrected chi connectivity index (χ4v) is 11.0. The SMILES string of the molecule is C.C1CCOC1.CCC(O)c1cc(C)nc2c(-c3ccc(-n4cccn4)cc3OC)nn(C)c12.CCC(OC)c1cc(C)nc2c(-c3ccc(-n4cccn4)cc3OC)nn(C)c12.CI.COc1cc(-n2cccn2)ccc1-c1nn(C)c2c(C=O)cc(C)nc12.[Br-].[CH2-]C.[Mg+2]. The molecule has 2 unspecified atom stereocenters. The van der Waals surface area contributed by atoms with Gasteiger partial charge >= 0.3 is 23.1 Å². The minimum atomic E-state index is -0.559. The number of aliphatic hydroxyl groups excluding tert-OH is 1.